The fourth-order valence-corrected chi connectivity index (χ4v) is 2.64. The van der Waals surface area contributed by atoms with Crippen molar-refractivity contribution in [2.45, 2.75) is 26.3 Å². The maximum Gasteiger partial charge on any atom is 0.127 e. The van der Waals surface area contributed by atoms with E-state index in [1.807, 2.05) is 12.1 Å². The Morgan fingerprint density at radius 1 is 1.37 bits per heavy atom. The van der Waals surface area contributed by atoms with Crippen LogP contribution >= 0.6 is 0 Å². The average molecular weight is 257 g/mol. The lowest BCUT2D eigenvalue weighted by molar-refractivity contribution is 0.412. The normalized spacial score (nSPS) is 17.7. The van der Waals surface area contributed by atoms with Crippen LogP contribution in [0.5, 0.6) is 5.75 Å². The summed E-state index contributed by atoms with van der Waals surface area (Å²) in [5, 5.41) is 8.09. The second-order valence-corrected chi connectivity index (χ2v) is 5.10. The highest BCUT2D eigenvalue weighted by Crippen LogP contribution is 2.30. The zero-order chi connectivity index (χ0) is 13.4. The first-order chi connectivity index (χ1) is 9.19. The lowest BCUT2D eigenvalue weighted by Gasteiger charge is -2.26. The van der Waals surface area contributed by atoms with Crippen LogP contribution in [0.25, 0.3) is 0 Å². The summed E-state index contributed by atoms with van der Waals surface area (Å²) in [6, 6.07) is 8.29. The first-order valence-corrected chi connectivity index (χ1v) is 6.61. The summed E-state index contributed by atoms with van der Waals surface area (Å²) in [5.41, 5.74) is 3.65. The molecule has 4 heteroatoms. The first kappa shape index (κ1) is 12.1. The molecule has 1 N–H and O–H groups in total. The van der Waals surface area contributed by atoms with Gasteiger partial charge in [-0.05, 0) is 31.5 Å². The average Bonchev–Trinajstić information content (AvgIpc) is 2.73. The SMILES string of the molecule is COc1cccc(C2CNc3c(C)c(C)nn3C2)c1. The number of anilines is 1. The molecule has 0 saturated carbocycles. The molecule has 1 atom stereocenters. The molecular formula is C15H19N3O. The van der Waals surface area contributed by atoms with Gasteiger partial charge in [-0.1, -0.05) is 12.1 Å². The van der Waals surface area contributed by atoms with Crippen molar-refractivity contribution >= 4 is 5.82 Å². The van der Waals surface area contributed by atoms with Gasteiger partial charge in [0.25, 0.3) is 0 Å². The number of nitrogens with one attached hydrogen (secondary N) is 1. The molecule has 19 heavy (non-hydrogen) atoms. The van der Waals surface area contributed by atoms with Crippen LogP contribution in [0.2, 0.25) is 0 Å². The lowest BCUT2D eigenvalue weighted by Crippen LogP contribution is -2.26. The fraction of sp³-hybridized carbons (Fsp3) is 0.400. The molecule has 0 aliphatic carbocycles. The quantitative estimate of drug-likeness (QED) is 0.899. The Morgan fingerprint density at radius 3 is 3.00 bits per heavy atom. The van der Waals surface area contributed by atoms with Gasteiger partial charge >= 0.3 is 0 Å². The Hall–Kier alpha value is -1.97. The summed E-state index contributed by atoms with van der Waals surface area (Å²) >= 11 is 0. The third kappa shape index (κ3) is 2.07. The van der Waals surface area contributed by atoms with Crippen molar-refractivity contribution in [3.63, 3.8) is 0 Å². The van der Waals surface area contributed by atoms with Crippen molar-refractivity contribution < 1.29 is 4.74 Å². The highest BCUT2D eigenvalue weighted by molar-refractivity contribution is 5.49. The number of ether oxygens (including phenoxy) is 1. The van der Waals surface area contributed by atoms with Gasteiger partial charge in [0.15, 0.2) is 0 Å². The number of nitrogens with zero attached hydrogens (tertiary/aromatic N) is 2. The summed E-state index contributed by atoms with van der Waals surface area (Å²) in [4.78, 5) is 0. The Bertz CT molecular complexity index is 603. The van der Waals surface area contributed by atoms with Crippen LogP contribution in [-0.4, -0.2) is 23.4 Å². The number of hydrogen-bond donors (Lipinski definition) is 1. The molecular weight excluding hydrogens is 238 g/mol. The van der Waals surface area contributed by atoms with E-state index in [1.165, 1.54) is 11.1 Å². The minimum absolute atomic E-state index is 0.432. The molecule has 0 amide bonds. The van der Waals surface area contributed by atoms with Crippen molar-refractivity contribution in [1.29, 1.82) is 0 Å². The molecule has 2 aromatic rings. The number of aryl methyl sites for hydroxylation is 1. The van der Waals surface area contributed by atoms with Gasteiger partial charge in [-0.2, -0.15) is 5.10 Å². The summed E-state index contributed by atoms with van der Waals surface area (Å²) in [6.07, 6.45) is 0. The van der Waals surface area contributed by atoms with E-state index >= 15 is 0 Å². The van der Waals surface area contributed by atoms with Gasteiger partial charge in [-0.3, -0.25) is 0 Å². The van der Waals surface area contributed by atoms with Gasteiger partial charge < -0.3 is 10.1 Å². The number of benzene rings is 1. The third-order valence-electron chi connectivity index (χ3n) is 3.90. The molecule has 100 valence electrons. The van der Waals surface area contributed by atoms with E-state index in [0.717, 1.165) is 30.4 Å². The summed E-state index contributed by atoms with van der Waals surface area (Å²) in [7, 11) is 1.70. The molecule has 1 aliphatic rings. The summed E-state index contributed by atoms with van der Waals surface area (Å²) in [6.45, 7) is 6.04. The van der Waals surface area contributed by atoms with Gasteiger partial charge in [0, 0.05) is 18.0 Å². The number of hydrogen-bond acceptors (Lipinski definition) is 3. The van der Waals surface area contributed by atoms with Crippen molar-refractivity contribution in [3.8, 4) is 5.75 Å². The van der Waals surface area contributed by atoms with E-state index < -0.39 is 0 Å². The van der Waals surface area contributed by atoms with Crippen LogP contribution in [0.15, 0.2) is 24.3 Å². The van der Waals surface area contributed by atoms with Crippen LogP contribution in [-0.2, 0) is 6.54 Å². The molecule has 0 bridgehead atoms. The van der Waals surface area contributed by atoms with E-state index in [-0.39, 0.29) is 0 Å². The molecule has 0 spiro atoms. The Balaban J connectivity index is 1.89. The monoisotopic (exact) mass is 257 g/mol. The summed E-state index contributed by atoms with van der Waals surface area (Å²) in [5.74, 6) is 2.51. The minimum atomic E-state index is 0.432. The van der Waals surface area contributed by atoms with Crippen molar-refractivity contribution in [1.82, 2.24) is 9.78 Å². The van der Waals surface area contributed by atoms with Crippen molar-refractivity contribution in [2.24, 2.45) is 0 Å². The molecule has 4 nitrogen and oxygen atoms in total. The molecule has 1 aromatic heterocycles. The van der Waals surface area contributed by atoms with Crippen LogP contribution in [0.1, 0.15) is 22.7 Å². The standard InChI is InChI=1S/C15H19N3O/c1-10-11(2)17-18-9-13(8-16-15(10)18)12-5-4-6-14(7-12)19-3/h4-7,13,16H,8-9H2,1-3H3. The van der Waals surface area contributed by atoms with Crippen LogP contribution in [0.3, 0.4) is 0 Å². The molecule has 1 aliphatic heterocycles. The van der Waals surface area contributed by atoms with Crippen LogP contribution in [0.4, 0.5) is 5.82 Å². The van der Waals surface area contributed by atoms with Crippen LogP contribution < -0.4 is 10.1 Å². The van der Waals surface area contributed by atoms with Crippen molar-refractivity contribution in [3.05, 3.63) is 41.1 Å². The maximum absolute atomic E-state index is 5.30. The summed E-state index contributed by atoms with van der Waals surface area (Å²) < 4.78 is 7.38. The molecule has 0 fully saturated rings. The number of rotatable bonds is 2. The number of aromatic nitrogens is 2. The molecule has 2 heterocycles. The first-order valence-electron chi connectivity index (χ1n) is 6.61. The number of fused-ring (bicyclic) bond motifs is 1. The molecule has 0 radical (unpaired) electrons. The molecule has 1 unspecified atom stereocenters. The predicted molar refractivity (Wildman–Crippen MR) is 75.9 cm³/mol. The Kier molecular flexibility index (Phi) is 2.93. The maximum atomic E-state index is 5.30. The Morgan fingerprint density at radius 2 is 2.21 bits per heavy atom. The number of methoxy groups -OCH3 is 1. The second kappa shape index (κ2) is 4.61. The Labute approximate surface area is 113 Å². The predicted octanol–water partition coefficient (Wildman–Crippen LogP) is 2.72. The van der Waals surface area contributed by atoms with E-state index in [2.05, 4.69) is 41.1 Å². The van der Waals surface area contributed by atoms with E-state index in [0.29, 0.717) is 5.92 Å². The zero-order valence-electron chi connectivity index (χ0n) is 11.6. The molecule has 0 saturated heterocycles. The highest BCUT2D eigenvalue weighted by Gasteiger charge is 2.23. The zero-order valence-corrected chi connectivity index (χ0v) is 11.6. The second-order valence-electron chi connectivity index (χ2n) is 5.10. The van der Waals surface area contributed by atoms with Gasteiger partial charge in [0.2, 0.25) is 0 Å². The fourth-order valence-electron chi connectivity index (χ4n) is 2.64. The smallest absolute Gasteiger partial charge is 0.127 e. The van der Waals surface area contributed by atoms with Crippen LogP contribution in [0, 0.1) is 13.8 Å². The topological polar surface area (TPSA) is 39.1 Å². The van der Waals surface area contributed by atoms with Crippen molar-refractivity contribution in [2.75, 3.05) is 19.0 Å². The molecule has 3 rings (SSSR count). The van der Waals surface area contributed by atoms with E-state index in [1.54, 1.807) is 7.11 Å². The largest absolute Gasteiger partial charge is 0.497 e. The third-order valence-corrected chi connectivity index (χ3v) is 3.90. The van der Waals surface area contributed by atoms with Gasteiger partial charge in [-0.25, -0.2) is 4.68 Å². The van der Waals surface area contributed by atoms with Gasteiger partial charge in [-0.15, -0.1) is 0 Å². The highest BCUT2D eigenvalue weighted by atomic mass is 16.5. The minimum Gasteiger partial charge on any atom is -0.497 e. The van der Waals surface area contributed by atoms with Gasteiger partial charge in [0.05, 0.1) is 19.3 Å². The molecule has 1 aromatic carbocycles. The van der Waals surface area contributed by atoms with Gasteiger partial charge in [0.1, 0.15) is 11.6 Å². The lowest BCUT2D eigenvalue weighted by atomic mass is 9.97. The van der Waals surface area contributed by atoms with E-state index in [9.17, 15) is 0 Å². The van der Waals surface area contributed by atoms with E-state index in [4.69, 9.17) is 4.74 Å².